The molecule has 2 aliphatic heterocycles. The first-order chi connectivity index (χ1) is 13.1. The van der Waals surface area contributed by atoms with Gasteiger partial charge in [-0.25, -0.2) is 4.98 Å². The molecule has 1 N–H and O–H groups in total. The monoisotopic (exact) mass is 367 g/mol. The van der Waals surface area contributed by atoms with Gasteiger partial charge in [-0.1, -0.05) is 25.1 Å². The Hall–Kier alpha value is -2.63. The molecular weight excluding hydrogens is 342 g/mol. The Bertz CT molecular complexity index is 892. The van der Waals surface area contributed by atoms with Gasteiger partial charge in [0.05, 0.1) is 11.6 Å². The van der Waals surface area contributed by atoms with Gasteiger partial charge in [0, 0.05) is 31.5 Å². The maximum atomic E-state index is 13.1. The lowest BCUT2D eigenvalue weighted by atomic mass is 9.91. The molecule has 0 saturated carbocycles. The Kier molecular flexibility index (Phi) is 4.97. The third-order valence-electron chi connectivity index (χ3n) is 5.52. The van der Waals surface area contributed by atoms with Gasteiger partial charge in [-0.2, -0.15) is 0 Å². The highest BCUT2D eigenvalue weighted by atomic mass is 16.5. The number of nitrogens with one attached hydrogen (secondary N) is 1. The standard InChI is InChI=1S/C21H25N3O3/c1-2-19-22-17(11-20(25)23-19)15-7-5-9-24(12-15)21(26)16-10-14-6-3-4-8-18(14)27-13-16/h3-4,6,8,11,15-16H,2,5,7,9-10,12-13H2,1H3,(H,22,23,25)/t15-,16+/m0/s1. The molecule has 6 nitrogen and oxygen atoms in total. The van der Waals surface area contributed by atoms with Crippen molar-refractivity contribution in [2.45, 2.75) is 38.5 Å². The summed E-state index contributed by atoms with van der Waals surface area (Å²) in [6, 6.07) is 9.50. The number of aromatic amines is 1. The lowest BCUT2D eigenvalue weighted by Gasteiger charge is -2.36. The number of benzene rings is 1. The molecule has 6 heteroatoms. The first kappa shape index (κ1) is 17.8. The van der Waals surface area contributed by atoms with Crippen molar-refractivity contribution in [3.05, 3.63) is 57.8 Å². The Balaban J connectivity index is 1.48. The number of carbonyl (C=O) groups excluding carboxylic acids is 1. The molecule has 2 atom stereocenters. The SMILES string of the molecule is CCc1nc([C@H]2CCCN(C(=O)[C@H]3COc4ccccc4C3)C2)cc(=O)[nH]1. The molecule has 3 heterocycles. The number of H-pyrrole nitrogens is 1. The first-order valence-corrected chi connectivity index (χ1v) is 9.73. The highest BCUT2D eigenvalue weighted by Gasteiger charge is 2.33. The Labute approximate surface area is 158 Å². The number of fused-ring (bicyclic) bond motifs is 1. The van der Waals surface area contributed by atoms with Gasteiger partial charge < -0.3 is 14.6 Å². The van der Waals surface area contributed by atoms with Crippen LogP contribution >= 0.6 is 0 Å². The highest BCUT2D eigenvalue weighted by Crippen LogP contribution is 2.30. The van der Waals surface area contributed by atoms with E-state index in [1.807, 2.05) is 36.1 Å². The maximum absolute atomic E-state index is 13.1. The van der Waals surface area contributed by atoms with Crippen LogP contribution in [0.15, 0.2) is 35.1 Å². The topological polar surface area (TPSA) is 75.3 Å². The Morgan fingerprint density at radius 1 is 1.37 bits per heavy atom. The van der Waals surface area contributed by atoms with E-state index in [0.29, 0.717) is 25.4 Å². The number of hydrogen-bond donors (Lipinski definition) is 1. The van der Waals surface area contributed by atoms with Crippen molar-refractivity contribution in [2.75, 3.05) is 19.7 Å². The number of para-hydroxylation sites is 1. The molecule has 142 valence electrons. The molecule has 0 bridgehead atoms. The third-order valence-corrected chi connectivity index (χ3v) is 5.52. The molecule has 0 aliphatic carbocycles. The molecular formula is C21H25N3O3. The number of rotatable bonds is 3. The molecule has 0 unspecified atom stereocenters. The van der Waals surface area contributed by atoms with Gasteiger partial charge in [0.25, 0.3) is 5.56 Å². The number of aryl methyl sites for hydroxylation is 1. The molecule has 1 saturated heterocycles. The van der Waals surface area contributed by atoms with E-state index in [0.717, 1.165) is 42.8 Å². The summed E-state index contributed by atoms with van der Waals surface area (Å²) >= 11 is 0. The van der Waals surface area contributed by atoms with Crippen LogP contribution < -0.4 is 10.3 Å². The van der Waals surface area contributed by atoms with Gasteiger partial charge in [0.2, 0.25) is 5.91 Å². The highest BCUT2D eigenvalue weighted by molar-refractivity contribution is 5.80. The van der Waals surface area contributed by atoms with Crippen LogP contribution in [0.5, 0.6) is 5.75 Å². The van der Waals surface area contributed by atoms with E-state index in [9.17, 15) is 9.59 Å². The molecule has 1 aromatic heterocycles. The van der Waals surface area contributed by atoms with Crippen molar-refractivity contribution >= 4 is 5.91 Å². The number of amides is 1. The number of carbonyl (C=O) groups is 1. The lowest BCUT2D eigenvalue weighted by molar-refractivity contribution is -0.138. The van der Waals surface area contributed by atoms with E-state index < -0.39 is 0 Å². The lowest BCUT2D eigenvalue weighted by Crippen LogP contribution is -2.45. The number of hydrogen-bond acceptors (Lipinski definition) is 4. The first-order valence-electron chi connectivity index (χ1n) is 9.73. The summed E-state index contributed by atoms with van der Waals surface area (Å²) in [6.45, 7) is 3.79. The average Bonchev–Trinajstić information content (AvgIpc) is 2.72. The van der Waals surface area contributed by atoms with Crippen LogP contribution in [0.25, 0.3) is 0 Å². The largest absolute Gasteiger partial charge is 0.492 e. The normalized spacial score (nSPS) is 22.0. The van der Waals surface area contributed by atoms with Gasteiger partial charge in [0.1, 0.15) is 18.2 Å². The summed E-state index contributed by atoms with van der Waals surface area (Å²) in [6.07, 6.45) is 3.29. The molecule has 0 spiro atoms. The fraction of sp³-hybridized carbons (Fsp3) is 0.476. The van der Waals surface area contributed by atoms with E-state index in [1.165, 1.54) is 0 Å². The fourth-order valence-electron chi connectivity index (χ4n) is 4.07. The summed E-state index contributed by atoms with van der Waals surface area (Å²) in [5.74, 6) is 1.72. The van der Waals surface area contributed by atoms with Crippen LogP contribution in [0.3, 0.4) is 0 Å². The zero-order valence-electron chi connectivity index (χ0n) is 15.6. The minimum Gasteiger partial charge on any atom is -0.492 e. The number of piperidine rings is 1. The second kappa shape index (κ2) is 7.55. The van der Waals surface area contributed by atoms with Crippen LogP contribution in [0, 0.1) is 5.92 Å². The zero-order valence-corrected chi connectivity index (χ0v) is 15.6. The molecule has 1 amide bonds. The summed E-state index contributed by atoms with van der Waals surface area (Å²) in [7, 11) is 0. The molecule has 2 aliphatic rings. The van der Waals surface area contributed by atoms with E-state index in [4.69, 9.17) is 4.74 Å². The fourth-order valence-corrected chi connectivity index (χ4v) is 4.07. The Morgan fingerprint density at radius 2 is 2.22 bits per heavy atom. The third kappa shape index (κ3) is 3.75. The van der Waals surface area contributed by atoms with Crippen LogP contribution in [0.1, 0.15) is 42.8 Å². The number of ether oxygens (including phenoxy) is 1. The van der Waals surface area contributed by atoms with Gasteiger partial charge in [0.15, 0.2) is 0 Å². The molecule has 1 fully saturated rings. The summed E-state index contributed by atoms with van der Waals surface area (Å²) in [5.41, 5.74) is 1.79. The van der Waals surface area contributed by atoms with Gasteiger partial charge in [-0.05, 0) is 30.9 Å². The second-order valence-electron chi connectivity index (χ2n) is 7.41. The predicted molar refractivity (Wildman–Crippen MR) is 102 cm³/mol. The quantitative estimate of drug-likeness (QED) is 0.903. The molecule has 2 aromatic rings. The predicted octanol–water partition coefficient (Wildman–Crippen LogP) is 2.29. The average molecular weight is 367 g/mol. The Morgan fingerprint density at radius 3 is 3.07 bits per heavy atom. The smallest absolute Gasteiger partial charge is 0.251 e. The van der Waals surface area contributed by atoms with Crippen molar-refractivity contribution in [3.8, 4) is 5.75 Å². The van der Waals surface area contributed by atoms with Crippen LogP contribution in [0.4, 0.5) is 0 Å². The zero-order chi connectivity index (χ0) is 18.8. The maximum Gasteiger partial charge on any atom is 0.251 e. The number of aromatic nitrogens is 2. The number of nitrogens with zero attached hydrogens (tertiary/aromatic N) is 2. The minimum atomic E-state index is -0.142. The van der Waals surface area contributed by atoms with Gasteiger partial charge in [-0.15, -0.1) is 0 Å². The van der Waals surface area contributed by atoms with E-state index >= 15 is 0 Å². The van der Waals surface area contributed by atoms with Crippen molar-refractivity contribution in [3.63, 3.8) is 0 Å². The van der Waals surface area contributed by atoms with Crippen LogP contribution in [-0.4, -0.2) is 40.5 Å². The van der Waals surface area contributed by atoms with Crippen molar-refractivity contribution in [2.24, 2.45) is 5.92 Å². The molecule has 0 radical (unpaired) electrons. The minimum absolute atomic E-state index is 0.113. The van der Waals surface area contributed by atoms with E-state index in [1.54, 1.807) is 6.07 Å². The summed E-state index contributed by atoms with van der Waals surface area (Å²) in [4.78, 5) is 34.3. The van der Waals surface area contributed by atoms with Crippen molar-refractivity contribution in [1.82, 2.24) is 14.9 Å². The van der Waals surface area contributed by atoms with Crippen molar-refractivity contribution < 1.29 is 9.53 Å². The molecule has 27 heavy (non-hydrogen) atoms. The van der Waals surface area contributed by atoms with Crippen LogP contribution in [-0.2, 0) is 17.6 Å². The number of likely N-dealkylation sites (tertiary alicyclic amines) is 1. The van der Waals surface area contributed by atoms with E-state index in [-0.39, 0.29) is 23.3 Å². The summed E-state index contributed by atoms with van der Waals surface area (Å²) in [5, 5.41) is 0. The van der Waals surface area contributed by atoms with Crippen LogP contribution in [0.2, 0.25) is 0 Å². The van der Waals surface area contributed by atoms with Gasteiger partial charge >= 0.3 is 0 Å². The van der Waals surface area contributed by atoms with Crippen molar-refractivity contribution in [1.29, 1.82) is 0 Å². The summed E-state index contributed by atoms with van der Waals surface area (Å²) < 4.78 is 5.80. The molecule has 1 aromatic carbocycles. The van der Waals surface area contributed by atoms with E-state index in [2.05, 4.69) is 9.97 Å². The second-order valence-corrected chi connectivity index (χ2v) is 7.41. The van der Waals surface area contributed by atoms with Gasteiger partial charge in [-0.3, -0.25) is 9.59 Å². The molecule has 4 rings (SSSR count).